The summed E-state index contributed by atoms with van der Waals surface area (Å²) in [5.74, 6) is 0.801. The van der Waals surface area contributed by atoms with Crippen molar-refractivity contribution < 1.29 is 9.53 Å². The van der Waals surface area contributed by atoms with Crippen LogP contribution in [0, 0.1) is 5.92 Å². The third-order valence-electron chi connectivity index (χ3n) is 2.61. The molecule has 18 heavy (non-hydrogen) atoms. The molecule has 0 saturated heterocycles. The van der Waals surface area contributed by atoms with Crippen LogP contribution in [0.2, 0.25) is 0 Å². The third kappa shape index (κ3) is 3.96. The lowest BCUT2D eigenvalue weighted by molar-refractivity contribution is 0.0957. The van der Waals surface area contributed by atoms with E-state index < -0.39 is 0 Å². The van der Waals surface area contributed by atoms with Gasteiger partial charge in [0.25, 0.3) is 5.91 Å². The molecular weight excluding hydrogens is 232 g/mol. The molecule has 6 heteroatoms. The second kappa shape index (κ2) is 6.90. The number of carbonyl (C=O) groups is 1. The van der Waals surface area contributed by atoms with E-state index >= 15 is 0 Å². The molecule has 100 valence electrons. The largest absolute Gasteiger partial charge is 0.383 e. The van der Waals surface area contributed by atoms with Crippen molar-refractivity contribution in [2.75, 3.05) is 26.1 Å². The summed E-state index contributed by atoms with van der Waals surface area (Å²) in [5.41, 5.74) is 0.302. The molecule has 1 aromatic heterocycles. The first kappa shape index (κ1) is 14.4. The molecule has 1 atom stereocenters. The average Bonchev–Trinajstić information content (AvgIpc) is 2.38. The number of hydrogen-bond donors (Lipinski definition) is 2. The van der Waals surface area contributed by atoms with Crippen molar-refractivity contribution in [2.45, 2.75) is 19.9 Å². The number of anilines is 1. The lowest BCUT2D eigenvalue weighted by atomic mass is 10.1. The molecule has 1 amide bonds. The Kier molecular flexibility index (Phi) is 5.51. The highest BCUT2D eigenvalue weighted by Gasteiger charge is 2.14. The maximum absolute atomic E-state index is 11.3. The van der Waals surface area contributed by atoms with Crippen molar-refractivity contribution in [3.63, 3.8) is 0 Å². The quantitative estimate of drug-likeness (QED) is 0.787. The minimum absolute atomic E-state index is 0.162. The summed E-state index contributed by atoms with van der Waals surface area (Å²) in [5, 5.41) is 13.6. The molecule has 1 aromatic rings. The van der Waals surface area contributed by atoms with Crippen LogP contribution in [0.15, 0.2) is 12.1 Å². The molecule has 0 aromatic carbocycles. The van der Waals surface area contributed by atoms with E-state index in [1.807, 2.05) is 0 Å². The maximum Gasteiger partial charge on any atom is 0.271 e. The monoisotopic (exact) mass is 252 g/mol. The zero-order valence-corrected chi connectivity index (χ0v) is 11.2. The highest BCUT2D eigenvalue weighted by Crippen LogP contribution is 2.10. The van der Waals surface area contributed by atoms with E-state index in [9.17, 15) is 4.79 Å². The molecule has 1 rings (SSSR count). The van der Waals surface area contributed by atoms with Gasteiger partial charge in [0.15, 0.2) is 5.69 Å². The number of nitrogens with zero attached hydrogens (tertiary/aromatic N) is 2. The Hall–Kier alpha value is -1.69. The van der Waals surface area contributed by atoms with Gasteiger partial charge in [-0.05, 0) is 18.1 Å². The zero-order valence-electron chi connectivity index (χ0n) is 11.2. The first-order valence-corrected chi connectivity index (χ1v) is 5.89. The molecule has 0 radical (unpaired) electrons. The fraction of sp³-hybridized carbons (Fsp3) is 0.583. The van der Waals surface area contributed by atoms with E-state index in [1.165, 1.54) is 0 Å². The van der Waals surface area contributed by atoms with E-state index in [0.29, 0.717) is 24.0 Å². The number of nitrogens with one attached hydrogen (secondary N) is 2. The summed E-state index contributed by atoms with van der Waals surface area (Å²) >= 11 is 0. The molecule has 0 bridgehead atoms. The standard InChI is InChI=1S/C12H20N4O2/c1-8(2)10(7-18-4)14-11-6-5-9(15-16-11)12(17)13-3/h5-6,8,10H,7H2,1-4H3,(H,13,17)(H,14,16). The second-order valence-electron chi connectivity index (χ2n) is 4.33. The highest BCUT2D eigenvalue weighted by molar-refractivity contribution is 5.91. The number of ether oxygens (including phenoxy) is 1. The lowest BCUT2D eigenvalue weighted by Crippen LogP contribution is -2.31. The van der Waals surface area contributed by atoms with Crippen molar-refractivity contribution >= 4 is 11.7 Å². The predicted molar refractivity (Wildman–Crippen MR) is 69.5 cm³/mol. The van der Waals surface area contributed by atoms with Gasteiger partial charge < -0.3 is 15.4 Å². The van der Waals surface area contributed by atoms with Crippen LogP contribution < -0.4 is 10.6 Å². The molecule has 0 aliphatic rings. The van der Waals surface area contributed by atoms with Crippen molar-refractivity contribution in [1.82, 2.24) is 15.5 Å². The minimum Gasteiger partial charge on any atom is -0.383 e. The van der Waals surface area contributed by atoms with Crippen LogP contribution in [0.25, 0.3) is 0 Å². The van der Waals surface area contributed by atoms with Crippen LogP contribution in [0.1, 0.15) is 24.3 Å². The topological polar surface area (TPSA) is 76.1 Å². The van der Waals surface area contributed by atoms with Crippen LogP contribution in [0.3, 0.4) is 0 Å². The fourth-order valence-electron chi connectivity index (χ4n) is 1.43. The molecule has 0 aliphatic heterocycles. The van der Waals surface area contributed by atoms with Crippen LogP contribution >= 0.6 is 0 Å². The highest BCUT2D eigenvalue weighted by atomic mass is 16.5. The van der Waals surface area contributed by atoms with Gasteiger partial charge in [-0.2, -0.15) is 0 Å². The molecule has 1 unspecified atom stereocenters. The predicted octanol–water partition coefficient (Wildman–Crippen LogP) is 0.919. The summed E-state index contributed by atoms with van der Waals surface area (Å²) in [7, 11) is 3.22. The summed E-state index contributed by atoms with van der Waals surface area (Å²) in [6.07, 6.45) is 0. The van der Waals surface area contributed by atoms with Crippen LogP contribution in [0.4, 0.5) is 5.82 Å². The number of hydrogen-bond acceptors (Lipinski definition) is 5. The van der Waals surface area contributed by atoms with Crippen molar-refractivity contribution in [3.05, 3.63) is 17.8 Å². The Bertz CT molecular complexity index is 378. The van der Waals surface area contributed by atoms with Crippen molar-refractivity contribution in [1.29, 1.82) is 0 Å². The van der Waals surface area contributed by atoms with E-state index in [1.54, 1.807) is 26.3 Å². The number of methoxy groups -OCH3 is 1. The molecule has 2 N–H and O–H groups in total. The number of rotatable bonds is 6. The van der Waals surface area contributed by atoms with E-state index in [4.69, 9.17) is 4.74 Å². The molecule has 6 nitrogen and oxygen atoms in total. The van der Waals surface area contributed by atoms with E-state index in [-0.39, 0.29) is 11.9 Å². The molecule has 0 fully saturated rings. The summed E-state index contributed by atoms with van der Waals surface area (Å²) in [6.45, 7) is 4.79. The molecule has 0 saturated carbocycles. The van der Waals surface area contributed by atoms with E-state index in [2.05, 4.69) is 34.7 Å². The summed E-state index contributed by atoms with van der Waals surface area (Å²) in [6, 6.07) is 3.54. The first-order valence-electron chi connectivity index (χ1n) is 5.89. The van der Waals surface area contributed by atoms with Gasteiger partial charge in [0.05, 0.1) is 12.6 Å². The Balaban J connectivity index is 2.70. The second-order valence-corrected chi connectivity index (χ2v) is 4.33. The van der Waals surface area contributed by atoms with E-state index in [0.717, 1.165) is 0 Å². The smallest absolute Gasteiger partial charge is 0.271 e. The number of carbonyl (C=O) groups excluding carboxylic acids is 1. The van der Waals surface area contributed by atoms with Gasteiger partial charge in [0, 0.05) is 14.2 Å². The van der Waals surface area contributed by atoms with Crippen LogP contribution in [-0.4, -0.2) is 42.9 Å². The molecule has 0 aliphatic carbocycles. The number of amides is 1. The Morgan fingerprint density at radius 3 is 2.56 bits per heavy atom. The van der Waals surface area contributed by atoms with Gasteiger partial charge in [-0.3, -0.25) is 4.79 Å². The van der Waals surface area contributed by atoms with Crippen molar-refractivity contribution in [3.8, 4) is 0 Å². The summed E-state index contributed by atoms with van der Waals surface area (Å²) < 4.78 is 5.14. The van der Waals surface area contributed by atoms with Gasteiger partial charge in [-0.15, -0.1) is 10.2 Å². The molecule has 0 spiro atoms. The average molecular weight is 252 g/mol. The first-order chi connectivity index (χ1) is 8.58. The van der Waals surface area contributed by atoms with Crippen LogP contribution in [-0.2, 0) is 4.74 Å². The fourth-order valence-corrected chi connectivity index (χ4v) is 1.43. The van der Waals surface area contributed by atoms with Gasteiger partial charge >= 0.3 is 0 Å². The van der Waals surface area contributed by atoms with Gasteiger partial charge in [0.1, 0.15) is 5.82 Å². The lowest BCUT2D eigenvalue weighted by Gasteiger charge is -2.21. The van der Waals surface area contributed by atoms with Crippen molar-refractivity contribution in [2.24, 2.45) is 5.92 Å². The van der Waals surface area contributed by atoms with Gasteiger partial charge in [0.2, 0.25) is 0 Å². The minimum atomic E-state index is -0.244. The summed E-state index contributed by atoms with van der Waals surface area (Å²) in [4.78, 5) is 11.3. The SMILES string of the molecule is CNC(=O)c1ccc(NC(COC)C(C)C)nn1. The Labute approximate surface area is 107 Å². The Morgan fingerprint density at radius 2 is 2.11 bits per heavy atom. The molecule has 1 heterocycles. The third-order valence-corrected chi connectivity index (χ3v) is 2.61. The zero-order chi connectivity index (χ0) is 13.5. The molecular formula is C12H20N4O2. The van der Waals surface area contributed by atoms with Gasteiger partial charge in [-0.1, -0.05) is 13.8 Å². The Morgan fingerprint density at radius 1 is 1.39 bits per heavy atom. The van der Waals surface area contributed by atoms with Crippen LogP contribution in [0.5, 0.6) is 0 Å². The van der Waals surface area contributed by atoms with Gasteiger partial charge in [-0.25, -0.2) is 0 Å². The maximum atomic E-state index is 11.3. The number of aromatic nitrogens is 2. The normalized spacial score (nSPS) is 12.3.